The summed E-state index contributed by atoms with van der Waals surface area (Å²) in [5, 5.41) is 6.79. The normalized spacial score (nSPS) is 10.4. The molecule has 2 N–H and O–H groups in total. The van der Waals surface area contributed by atoms with Gasteiger partial charge in [0.2, 0.25) is 0 Å². The predicted octanol–water partition coefficient (Wildman–Crippen LogP) is 3.46. The summed E-state index contributed by atoms with van der Waals surface area (Å²) in [6, 6.07) is 14.2. The van der Waals surface area contributed by atoms with Crippen LogP contribution in [0.1, 0.15) is 25.3 Å². The Morgan fingerprint density at radius 2 is 1.82 bits per heavy atom. The molecule has 0 aliphatic heterocycles. The van der Waals surface area contributed by atoms with Crippen molar-refractivity contribution in [2.24, 2.45) is 0 Å². The van der Waals surface area contributed by atoms with E-state index < -0.39 is 0 Å². The van der Waals surface area contributed by atoms with E-state index in [1.165, 1.54) is 5.56 Å². The minimum absolute atomic E-state index is 0.712. The number of pyridine rings is 1. The minimum Gasteiger partial charge on any atom is -0.494 e. The van der Waals surface area contributed by atoms with Crippen LogP contribution < -0.4 is 15.4 Å². The molecule has 1 heterocycles. The fourth-order valence-electron chi connectivity index (χ4n) is 2.16. The number of nitrogens with one attached hydrogen (secondary N) is 2. The lowest BCUT2D eigenvalue weighted by molar-refractivity contribution is 0.340. The van der Waals surface area contributed by atoms with E-state index >= 15 is 0 Å². The van der Waals surface area contributed by atoms with Gasteiger partial charge in [-0.2, -0.15) is 0 Å². The topological polar surface area (TPSA) is 46.2 Å². The Kier molecular flexibility index (Phi) is 7.26. The van der Waals surface area contributed by atoms with Gasteiger partial charge in [-0.25, -0.2) is 4.98 Å². The quantitative estimate of drug-likeness (QED) is 0.660. The number of anilines is 1. The molecule has 1 aromatic heterocycles. The first-order valence-electron chi connectivity index (χ1n) is 7.96. The van der Waals surface area contributed by atoms with Crippen LogP contribution in [0.15, 0.2) is 48.7 Å². The largest absolute Gasteiger partial charge is 0.494 e. The highest BCUT2D eigenvalue weighted by atomic mass is 16.5. The summed E-state index contributed by atoms with van der Waals surface area (Å²) >= 11 is 0. The third kappa shape index (κ3) is 6.14. The van der Waals surface area contributed by atoms with Crippen LogP contribution in [0.5, 0.6) is 5.75 Å². The van der Waals surface area contributed by atoms with Gasteiger partial charge in [0.1, 0.15) is 11.6 Å². The van der Waals surface area contributed by atoms with Crippen molar-refractivity contribution in [1.29, 1.82) is 0 Å². The number of hydrogen-bond donors (Lipinski definition) is 2. The van der Waals surface area contributed by atoms with E-state index in [-0.39, 0.29) is 0 Å². The Morgan fingerprint density at radius 1 is 1.00 bits per heavy atom. The summed E-state index contributed by atoms with van der Waals surface area (Å²) < 4.78 is 5.43. The van der Waals surface area contributed by atoms with Gasteiger partial charge >= 0.3 is 0 Å². The fraction of sp³-hybridized carbons (Fsp3) is 0.389. The van der Waals surface area contributed by atoms with Gasteiger partial charge in [0.15, 0.2) is 0 Å². The van der Waals surface area contributed by atoms with Crippen molar-refractivity contribution in [3.8, 4) is 5.75 Å². The summed E-state index contributed by atoms with van der Waals surface area (Å²) in [6.45, 7) is 5.60. The summed E-state index contributed by atoms with van der Waals surface area (Å²) in [7, 11) is 0. The van der Waals surface area contributed by atoms with Crippen LogP contribution in [0.3, 0.4) is 0 Å². The maximum absolute atomic E-state index is 5.43. The molecule has 0 unspecified atom stereocenters. The highest BCUT2D eigenvalue weighted by Gasteiger charge is 1.95. The number of ether oxygens (including phenoxy) is 1. The van der Waals surface area contributed by atoms with Crippen LogP contribution in [0.4, 0.5) is 5.82 Å². The number of hydrogen-bond acceptors (Lipinski definition) is 4. The van der Waals surface area contributed by atoms with Crippen LogP contribution in [0, 0.1) is 0 Å². The number of benzene rings is 1. The molecule has 2 rings (SSSR count). The Balaban J connectivity index is 1.52. The van der Waals surface area contributed by atoms with Gasteiger partial charge in [-0.05, 0) is 56.1 Å². The van der Waals surface area contributed by atoms with Crippen molar-refractivity contribution in [1.82, 2.24) is 10.3 Å². The average Bonchev–Trinajstić information content (AvgIpc) is 2.57. The van der Waals surface area contributed by atoms with Gasteiger partial charge in [-0.15, -0.1) is 0 Å². The number of aromatic nitrogens is 1. The molecule has 118 valence electrons. The van der Waals surface area contributed by atoms with E-state index in [1.54, 1.807) is 6.20 Å². The molecule has 0 fully saturated rings. The molecule has 0 saturated heterocycles. The average molecular weight is 299 g/mol. The molecule has 0 radical (unpaired) electrons. The first kappa shape index (κ1) is 16.3. The summed E-state index contributed by atoms with van der Waals surface area (Å²) in [4.78, 5) is 4.24. The zero-order valence-corrected chi connectivity index (χ0v) is 13.2. The lowest BCUT2D eigenvalue weighted by Crippen LogP contribution is -2.15. The van der Waals surface area contributed by atoms with Crippen LogP contribution in [0.2, 0.25) is 0 Å². The highest BCUT2D eigenvalue weighted by molar-refractivity contribution is 5.32. The number of rotatable bonds is 10. The van der Waals surface area contributed by atoms with Gasteiger partial charge in [0, 0.05) is 19.3 Å². The SMILES string of the molecule is CCOc1ccc(CNCCCCNc2ccccn2)cc1. The van der Waals surface area contributed by atoms with Gasteiger partial charge in [-0.1, -0.05) is 18.2 Å². The van der Waals surface area contributed by atoms with Crippen molar-refractivity contribution >= 4 is 5.82 Å². The van der Waals surface area contributed by atoms with Gasteiger partial charge in [0.05, 0.1) is 6.61 Å². The minimum atomic E-state index is 0.712. The fourth-order valence-corrected chi connectivity index (χ4v) is 2.16. The van der Waals surface area contributed by atoms with E-state index in [9.17, 15) is 0 Å². The van der Waals surface area contributed by atoms with Crippen molar-refractivity contribution in [3.63, 3.8) is 0 Å². The molecule has 2 aromatic rings. The van der Waals surface area contributed by atoms with Crippen molar-refractivity contribution in [2.75, 3.05) is 25.0 Å². The first-order chi connectivity index (χ1) is 10.9. The van der Waals surface area contributed by atoms with E-state index in [4.69, 9.17) is 4.74 Å². The van der Waals surface area contributed by atoms with Crippen molar-refractivity contribution < 1.29 is 4.74 Å². The second kappa shape index (κ2) is 9.79. The molecule has 22 heavy (non-hydrogen) atoms. The second-order valence-corrected chi connectivity index (χ2v) is 5.10. The monoisotopic (exact) mass is 299 g/mol. The maximum Gasteiger partial charge on any atom is 0.125 e. The Bertz CT molecular complexity index is 514. The molecular formula is C18H25N3O. The molecule has 0 aliphatic carbocycles. The maximum atomic E-state index is 5.43. The van der Waals surface area contributed by atoms with Gasteiger partial charge in [-0.3, -0.25) is 0 Å². The zero-order valence-electron chi connectivity index (χ0n) is 13.2. The van der Waals surface area contributed by atoms with Crippen LogP contribution in [-0.2, 0) is 6.54 Å². The van der Waals surface area contributed by atoms with Crippen molar-refractivity contribution in [3.05, 3.63) is 54.2 Å². The Hall–Kier alpha value is -2.07. The number of unbranched alkanes of at least 4 members (excludes halogenated alkanes) is 1. The Morgan fingerprint density at radius 3 is 2.55 bits per heavy atom. The lowest BCUT2D eigenvalue weighted by atomic mass is 10.2. The summed E-state index contributed by atoms with van der Waals surface area (Å²) in [5.41, 5.74) is 1.29. The molecule has 0 spiro atoms. The van der Waals surface area contributed by atoms with Gasteiger partial charge in [0.25, 0.3) is 0 Å². The smallest absolute Gasteiger partial charge is 0.125 e. The first-order valence-corrected chi connectivity index (χ1v) is 7.96. The van der Waals surface area contributed by atoms with Crippen molar-refractivity contribution in [2.45, 2.75) is 26.3 Å². The highest BCUT2D eigenvalue weighted by Crippen LogP contribution is 2.11. The molecular weight excluding hydrogens is 274 g/mol. The van der Waals surface area contributed by atoms with E-state index in [0.717, 1.165) is 44.0 Å². The molecule has 4 heteroatoms. The summed E-state index contributed by atoms with van der Waals surface area (Å²) in [6.07, 6.45) is 4.09. The van der Waals surface area contributed by atoms with E-state index in [1.807, 2.05) is 37.3 Å². The Labute approximate surface area is 132 Å². The zero-order chi connectivity index (χ0) is 15.5. The third-order valence-electron chi connectivity index (χ3n) is 3.31. The van der Waals surface area contributed by atoms with E-state index in [0.29, 0.717) is 6.61 Å². The molecule has 0 bridgehead atoms. The molecule has 4 nitrogen and oxygen atoms in total. The summed E-state index contributed by atoms with van der Waals surface area (Å²) in [5.74, 6) is 1.89. The predicted molar refractivity (Wildman–Crippen MR) is 91.3 cm³/mol. The molecule has 1 aromatic carbocycles. The lowest BCUT2D eigenvalue weighted by Gasteiger charge is -2.07. The number of nitrogens with zero attached hydrogens (tertiary/aromatic N) is 1. The third-order valence-corrected chi connectivity index (χ3v) is 3.31. The molecule has 0 amide bonds. The van der Waals surface area contributed by atoms with Crippen LogP contribution in [0.25, 0.3) is 0 Å². The second-order valence-electron chi connectivity index (χ2n) is 5.10. The van der Waals surface area contributed by atoms with Crippen LogP contribution >= 0.6 is 0 Å². The molecule has 0 atom stereocenters. The molecule has 0 saturated carbocycles. The van der Waals surface area contributed by atoms with E-state index in [2.05, 4.69) is 27.8 Å². The van der Waals surface area contributed by atoms with Gasteiger partial charge < -0.3 is 15.4 Å². The molecule has 0 aliphatic rings. The van der Waals surface area contributed by atoms with Crippen LogP contribution in [-0.4, -0.2) is 24.7 Å². The standard InChI is InChI=1S/C18H25N3O/c1-2-22-17-10-8-16(9-11-17)15-19-12-5-6-14-21-18-7-3-4-13-20-18/h3-4,7-11,13,19H,2,5-6,12,14-15H2,1H3,(H,20,21).